The fourth-order valence-corrected chi connectivity index (χ4v) is 4.17. The largest absolute Gasteiger partial charge is 0.338 e. The number of hydrogen-bond acceptors (Lipinski definition) is 3. The molecule has 0 aromatic heterocycles. The lowest BCUT2D eigenvalue weighted by atomic mass is 9.99. The van der Waals surface area contributed by atoms with Gasteiger partial charge in [-0.05, 0) is 56.9 Å². The molecule has 5 nitrogen and oxygen atoms in total. The van der Waals surface area contributed by atoms with E-state index in [0.717, 1.165) is 19.5 Å². The van der Waals surface area contributed by atoms with E-state index in [9.17, 15) is 13.2 Å². The number of nitrogens with zero attached hydrogens (tertiary/aromatic N) is 2. The third kappa shape index (κ3) is 4.05. The Morgan fingerprint density at radius 3 is 2.43 bits per heavy atom. The van der Waals surface area contributed by atoms with Crippen LogP contribution in [0, 0.1) is 5.92 Å². The van der Waals surface area contributed by atoms with Crippen molar-refractivity contribution in [2.45, 2.75) is 33.6 Å². The van der Waals surface area contributed by atoms with Gasteiger partial charge in [0.2, 0.25) is 10.0 Å². The van der Waals surface area contributed by atoms with Crippen molar-refractivity contribution >= 4 is 21.6 Å². The van der Waals surface area contributed by atoms with E-state index in [1.165, 1.54) is 10.7 Å². The normalized spacial score (nSPS) is 18.7. The van der Waals surface area contributed by atoms with Crippen LogP contribution in [0.5, 0.6) is 0 Å². The molecule has 6 heteroatoms. The second-order valence-electron chi connectivity index (χ2n) is 6.11. The first-order valence-electron chi connectivity index (χ1n) is 8.28. The molecule has 0 aliphatic carbocycles. The number of anilines is 1. The van der Waals surface area contributed by atoms with Crippen LogP contribution < -0.4 is 4.31 Å². The van der Waals surface area contributed by atoms with Crippen LogP contribution in [0.2, 0.25) is 0 Å². The molecule has 23 heavy (non-hydrogen) atoms. The highest BCUT2D eigenvalue weighted by Gasteiger charge is 2.23. The van der Waals surface area contributed by atoms with Crippen molar-refractivity contribution in [3.8, 4) is 0 Å². The maximum atomic E-state index is 12.5. The van der Waals surface area contributed by atoms with Crippen molar-refractivity contribution in [2.24, 2.45) is 5.92 Å². The molecule has 1 aliphatic rings. The van der Waals surface area contributed by atoms with Crippen LogP contribution in [0.15, 0.2) is 24.3 Å². The molecule has 0 spiro atoms. The van der Waals surface area contributed by atoms with Crippen LogP contribution >= 0.6 is 0 Å². The molecule has 2 rings (SSSR count). The number of sulfonamides is 1. The predicted molar refractivity (Wildman–Crippen MR) is 93.2 cm³/mol. The first-order valence-corrected chi connectivity index (χ1v) is 9.89. The summed E-state index contributed by atoms with van der Waals surface area (Å²) >= 11 is 0. The molecule has 0 N–H and O–H groups in total. The highest BCUT2D eigenvalue weighted by Crippen LogP contribution is 2.22. The first-order chi connectivity index (χ1) is 10.9. The lowest BCUT2D eigenvalue weighted by molar-refractivity contribution is 0.0683. The maximum absolute atomic E-state index is 12.5. The van der Waals surface area contributed by atoms with Crippen LogP contribution in [0.1, 0.15) is 44.0 Å². The Morgan fingerprint density at radius 1 is 1.26 bits per heavy atom. The van der Waals surface area contributed by atoms with Gasteiger partial charge in [0.15, 0.2) is 0 Å². The van der Waals surface area contributed by atoms with E-state index < -0.39 is 10.0 Å². The Bertz CT molecular complexity index is 640. The van der Waals surface area contributed by atoms with E-state index in [4.69, 9.17) is 0 Å². The molecule has 0 saturated carbocycles. The Morgan fingerprint density at radius 2 is 1.91 bits per heavy atom. The molecule has 1 heterocycles. The smallest absolute Gasteiger partial charge is 0.253 e. The van der Waals surface area contributed by atoms with Gasteiger partial charge in [0.05, 0.1) is 11.4 Å². The zero-order chi connectivity index (χ0) is 17.0. The molecular weight excluding hydrogens is 312 g/mol. The second kappa shape index (κ2) is 7.34. The van der Waals surface area contributed by atoms with Crippen LogP contribution in [-0.2, 0) is 10.0 Å². The summed E-state index contributed by atoms with van der Waals surface area (Å²) < 4.78 is 25.5. The Labute approximate surface area is 139 Å². The van der Waals surface area contributed by atoms with Crippen molar-refractivity contribution in [3.05, 3.63) is 29.8 Å². The van der Waals surface area contributed by atoms with E-state index in [-0.39, 0.29) is 11.7 Å². The Hall–Kier alpha value is -1.56. The van der Waals surface area contributed by atoms with Crippen LogP contribution in [0.3, 0.4) is 0 Å². The predicted octanol–water partition coefficient (Wildman–Crippen LogP) is 2.73. The van der Waals surface area contributed by atoms with E-state index >= 15 is 0 Å². The highest BCUT2D eigenvalue weighted by molar-refractivity contribution is 7.92. The SMILES string of the molecule is CCN(c1ccc(C(=O)N2CCC[C@@H](C)C2)cc1)S(=O)(=O)CC. The lowest BCUT2D eigenvalue weighted by Gasteiger charge is -2.31. The number of likely N-dealkylation sites (tertiary alicyclic amines) is 1. The summed E-state index contributed by atoms with van der Waals surface area (Å²) in [6.45, 7) is 7.58. The second-order valence-corrected chi connectivity index (χ2v) is 8.29. The zero-order valence-electron chi connectivity index (χ0n) is 14.2. The number of carbonyl (C=O) groups excluding carboxylic acids is 1. The van der Waals surface area contributed by atoms with Crippen molar-refractivity contribution in [3.63, 3.8) is 0 Å². The van der Waals surface area contributed by atoms with Gasteiger partial charge >= 0.3 is 0 Å². The molecule has 1 aromatic rings. The summed E-state index contributed by atoms with van der Waals surface area (Å²) in [6.07, 6.45) is 2.21. The minimum Gasteiger partial charge on any atom is -0.338 e. The Kier molecular flexibility index (Phi) is 5.68. The van der Waals surface area contributed by atoms with Gasteiger partial charge in [0.25, 0.3) is 5.91 Å². The molecule has 0 unspecified atom stereocenters. The van der Waals surface area contributed by atoms with E-state index in [0.29, 0.717) is 23.7 Å². The highest BCUT2D eigenvalue weighted by atomic mass is 32.2. The number of carbonyl (C=O) groups is 1. The van der Waals surface area contributed by atoms with Crippen molar-refractivity contribution in [1.82, 2.24) is 4.90 Å². The summed E-state index contributed by atoms with van der Waals surface area (Å²) in [4.78, 5) is 14.4. The molecule has 128 valence electrons. The molecule has 1 fully saturated rings. The van der Waals surface area contributed by atoms with Gasteiger partial charge < -0.3 is 4.90 Å². The number of benzene rings is 1. The van der Waals surface area contributed by atoms with Gasteiger partial charge in [-0.2, -0.15) is 0 Å². The zero-order valence-corrected chi connectivity index (χ0v) is 15.0. The van der Waals surface area contributed by atoms with Crippen LogP contribution in [-0.4, -0.2) is 44.6 Å². The first kappa shape index (κ1) is 17.8. The minimum absolute atomic E-state index is 0.0319. The summed E-state index contributed by atoms with van der Waals surface area (Å²) in [6, 6.07) is 6.89. The molecule has 1 aliphatic heterocycles. The van der Waals surface area contributed by atoms with Gasteiger partial charge in [0, 0.05) is 25.2 Å². The van der Waals surface area contributed by atoms with Gasteiger partial charge in [-0.15, -0.1) is 0 Å². The number of piperidine rings is 1. The molecular formula is C17H26N2O3S. The number of rotatable bonds is 5. The number of hydrogen-bond donors (Lipinski definition) is 0. The fraction of sp³-hybridized carbons (Fsp3) is 0.588. The molecule has 0 radical (unpaired) electrons. The van der Waals surface area contributed by atoms with Crippen molar-refractivity contribution in [2.75, 3.05) is 29.7 Å². The topological polar surface area (TPSA) is 57.7 Å². The fourth-order valence-electron chi connectivity index (χ4n) is 3.02. The lowest BCUT2D eigenvalue weighted by Crippen LogP contribution is -2.39. The monoisotopic (exact) mass is 338 g/mol. The summed E-state index contributed by atoms with van der Waals surface area (Å²) in [5.41, 5.74) is 1.23. The van der Waals surface area contributed by atoms with E-state index in [2.05, 4.69) is 6.92 Å². The summed E-state index contributed by atoms with van der Waals surface area (Å²) in [5.74, 6) is 0.634. The average molecular weight is 338 g/mol. The maximum Gasteiger partial charge on any atom is 0.253 e. The third-order valence-electron chi connectivity index (χ3n) is 4.33. The third-order valence-corrected chi connectivity index (χ3v) is 6.20. The quantitative estimate of drug-likeness (QED) is 0.829. The molecule has 1 atom stereocenters. The molecule has 1 aromatic carbocycles. The molecule has 1 saturated heterocycles. The van der Waals surface area contributed by atoms with Crippen molar-refractivity contribution < 1.29 is 13.2 Å². The minimum atomic E-state index is -3.29. The molecule has 0 bridgehead atoms. The van der Waals surface area contributed by atoms with Crippen molar-refractivity contribution in [1.29, 1.82) is 0 Å². The van der Waals surface area contributed by atoms with Gasteiger partial charge in [-0.25, -0.2) is 8.42 Å². The average Bonchev–Trinajstić information content (AvgIpc) is 2.55. The van der Waals surface area contributed by atoms with Gasteiger partial charge in [-0.3, -0.25) is 9.10 Å². The van der Waals surface area contributed by atoms with E-state index in [1.54, 1.807) is 38.1 Å². The van der Waals surface area contributed by atoms with Crippen LogP contribution in [0.25, 0.3) is 0 Å². The van der Waals surface area contributed by atoms with E-state index in [1.807, 2.05) is 4.90 Å². The van der Waals surface area contributed by atoms with Crippen LogP contribution in [0.4, 0.5) is 5.69 Å². The Balaban J connectivity index is 2.17. The van der Waals surface area contributed by atoms with Gasteiger partial charge in [-0.1, -0.05) is 6.92 Å². The molecule has 1 amide bonds. The number of amides is 1. The summed E-state index contributed by atoms with van der Waals surface area (Å²) in [5, 5.41) is 0. The van der Waals surface area contributed by atoms with Gasteiger partial charge in [0.1, 0.15) is 0 Å². The summed E-state index contributed by atoms with van der Waals surface area (Å²) in [7, 11) is -3.29. The standard InChI is InChI=1S/C17H26N2O3S/c1-4-19(23(21,22)5-2)16-10-8-15(9-11-16)17(20)18-12-6-7-14(3)13-18/h8-11,14H,4-7,12-13H2,1-3H3/t14-/m1/s1.